The summed E-state index contributed by atoms with van der Waals surface area (Å²) >= 11 is 1.31. The molecule has 0 aliphatic carbocycles. The first-order valence-corrected chi connectivity index (χ1v) is 7.60. The number of hydrogen-bond acceptors (Lipinski definition) is 3. The quantitative estimate of drug-likeness (QED) is 0.773. The van der Waals surface area contributed by atoms with E-state index >= 15 is 0 Å². The van der Waals surface area contributed by atoms with Crippen LogP contribution >= 0.6 is 11.3 Å². The van der Waals surface area contributed by atoms with Crippen molar-refractivity contribution in [1.82, 2.24) is 4.98 Å². The smallest absolute Gasteiger partial charge is 0.260 e. The molecule has 22 heavy (non-hydrogen) atoms. The number of thiazole rings is 1. The maximum Gasteiger partial charge on any atom is 0.260 e. The number of hydrogen-bond donors (Lipinski definition) is 1. The van der Waals surface area contributed by atoms with Crippen molar-refractivity contribution in [2.24, 2.45) is 0 Å². The standard InChI is InChI=1S/C17H13FN2OS/c1-11-6-8-12(9-7-11)15-10-22-17(19-15)20-16(21)13-4-2-3-5-14(13)18/h2-10H,1H3,(H,19,20,21). The third-order valence-corrected chi connectivity index (χ3v) is 3.95. The third kappa shape index (κ3) is 3.04. The van der Waals surface area contributed by atoms with Crippen LogP contribution in [-0.4, -0.2) is 10.9 Å². The molecule has 0 saturated carbocycles. The minimum absolute atomic E-state index is 0.00888. The topological polar surface area (TPSA) is 42.0 Å². The second kappa shape index (κ2) is 6.07. The zero-order chi connectivity index (χ0) is 15.5. The Hall–Kier alpha value is -2.53. The van der Waals surface area contributed by atoms with Gasteiger partial charge in [-0.15, -0.1) is 11.3 Å². The Kier molecular flexibility index (Phi) is 3.98. The van der Waals surface area contributed by atoms with Crippen LogP contribution in [-0.2, 0) is 0 Å². The summed E-state index contributed by atoms with van der Waals surface area (Å²) in [5.74, 6) is -1.04. The van der Waals surface area contributed by atoms with Crippen molar-refractivity contribution in [3.8, 4) is 11.3 Å². The summed E-state index contributed by atoms with van der Waals surface area (Å²) in [5, 5.41) is 4.94. The summed E-state index contributed by atoms with van der Waals surface area (Å²) in [6, 6.07) is 13.8. The number of carbonyl (C=O) groups is 1. The molecule has 110 valence electrons. The number of rotatable bonds is 3. The van der Waals surface area contributed by atoms with Gasteiger partial charge in [-0.25, -0.2) is 9.37 Å². The highest BCUT2D eigenvalue weighted by Crippen LogP contribution is 2.25. The molecule has 3 aromatic rings. The molecule has 0 aliphatic rings. The number of halogens is 1. The largest absolute Gasteiger partial charge is 0.298 e. The van der Waals surface area contributed by atoms with Gasteiger partial charge in [0, 0.05) is 10.9 Å². The van der Waals surface area contributed by atoms with Crippen molar-refractivity contribution in [2.75, 3.05) is 5.32 Å². The molecule has 0 saturated heterocycles. The molecule has 0 spiro atoms. The normalized spacial score (nSPS) is 10.5. The van der Waals surface area contributed by atoms with Gasteiger partial charge in [-0.05, 0) is 19.1 Å². The van der Waals surface area contributed by atoms with Crippen molar-refractivity contribution in [1.29, 1.82) is 0 Å². The Morgan fingerprint density at radius 3 is 2.59 bits per heavy atom. The highest BCUT2D eigenvalue weighted by atomic mass is 32.1. The molecule has 2 aromatic carbocycles. The Morgan fingerprint density at radius 1 is 1.14 bits per heavy atom. The van der Waals surface area contributed by atoms with Gasteiger partial charge in [-0.1, -0.05) is 42.0 Å². The van der Waals surface area contributed by atoms with Gasteiger partial charge in [0.15, 0.2) is 5.13 Å². The molecule has 5 heteroatoms. The highest BCUT2D eigenvalue weighted by Gasteiger charge is 2.13. The zero-order valence-electron chi connectivity index (χ0n) is 11.8. The van der Waals surface area contributed by atoms with Crippen LogP contribution in [0.2, 0.25) is 0 Å². The lowest BCUT2D eigenvalue weighted by atomic mass is 10.1. The minimum Gasteiger partial charge on any atom is -0.298 e. The van der Waals surface area contributed by atoms with Crippen LogP contribution in [0.4, 0.5) is 9.52 Å². The molecule has 1 heterocycles. The van der Waals surface area contributed by atoms with Crippen molar-refractivity contribution in [3.63, 3.8) is 0 Å². The SMILES string of the molecule is Cc1ccc(-c2csc(NC(=O)c3ccccc3F)n2)cc1. The van der Waals surface area contributed by atoms with Crippen LogP contribution in [0.5, 0.6) is 0 Å². The van der Waals surface area contributed by atoms with E-state index in [1.807, 2.05) is 36.6 Å². The fourth-order valence-corrected chi connectivity index (χ4v) is 2.71. The molecule has 0 aliphatic heterocycles. The van der Waals surface area contributed by atoms with Gasteiger partial charge in [-0.3, -0.25) is 10.1 Å². The van der Waals surface area contributed by atoms with E-state index in [0.717, 1.165) is 11.3 Å². The molecular weight excluding hydrogens is 299 g/mol. The number of benzene rings is 2. The Labute approximate surface area is 131 Å². The molecule has 0 radical (unpaired) electrons. The van der Waals surface area contributed by atoms with Gasteiger partial charge in [0.1, 0.15) is 5.82 Å². The lowest BCUT2D eigenvalue weighted by molar-refractivity contribution is 0.102. The molecule has 0 unspecified atom stereocenters. The van der Waals surface area contributed by atoms with E-state index in [1.165, 1.54) is 29.0 Å². The summed E-state index contributed by atoms with van der Waals surface area (Å²) in [4.78, 5) is 16.4. The molecule has 3 rings (SSSR count). The first-order chi connectivity index (χ1) is 10.6. The van der Waals surface area contributed by atoms with Crippen LogP contribution in [0, 0.1) is 12.7 Å². The number of nitrogens with zero attached hydrogens (tertiary/aromatic N) is 1. The molecule has 0 bridgehead atoms. The van der Waals surface area contributed by atoms with E-state index in [4.69, 9.17) is 0 Å². The van der Waals surface area contributed by atoms with Crippen molar-refractivity contribution in [3.05, 3.63) is 70.9 Å². The fraction of sp³-hybridized carbons (Fsp3) is 0.0588. The Balaban J connectivity index is 1.78. The van der Waals surface area contributed by atoms with E-state index < -0.39 is 11.7 Å². The summed E-state index contributed by atoms with van der Waals surface area (Å²) in [7, 11) is 0. The highest BCUT2D eigenvalue weighted by molar-refractivity contribution is 7.14. The predicted octanol–water partition coefficient (Wildman–Crippen LogP) is 4.51. The van der Waals surface area contributed by atoms with Crippen LogP contribution in [0.15, 0.2) is 53.9 Å². The van der Waals surface area contributed by atoms with Gasteiger partial charge >= 0.3 is 0 Å². The lowest BCUT2D eigenvalue weighted by Crippen LogP contribution is -2.13. The van der Waals surface area contributed by atoms with Gasteiger partial charge in [-0.2, -0.15) is 0 Å². The fourth-order valence-electron chi connectivity index (χ4n) is 2.00. The summed E-state index contributed by atoms with van der Waals surface area (Å²) in [6.45, 7) is 2.02. The molecule has 1 amide bonds. The number of aryl methyl sites for hydroxylation is 1. The average molecular weight is 312 g/mol. The van der Waals surface area contributed by atoms with E-state index in [-0.39, 0.29) is 5.56 Å². The molecule has 1 aromatic heterocycles. The summed E-state index contributed by atoms with van der Waals surface area (Å²) in [6.07, 6.45) is 0. The molecule has 0 fully saturated rings. The zero-order valence-corrected chi connectivity index (χ0v) is 12.7. The van der Waals surface area contributed by atoms with E-state index in [0.29, 0.717) is 5.13 Å². The van der Waals surface area contributed by atoms with E-state index in [9.17, 15) is 9.18 Å². The second-order valence-electron chi connectivity index (χ2n) is 4.84. The van der Waals surface area contributed by atoms with Crippen molar-refractivity contribution in [2.45, 2.75) is 6.92 Å². The maximum absolute atomic E-state index is 13.6. The maximum atomic E-state index is 13.6. The van der Waals surface area contributed by atoms with Crippen molar-refractivity contribution < 1.29 is 9.18 Å². The first kappa shape index (κ1) is 14.4. The lowest BCUT2D eigenvalue weighted by Gasteiger charge is -2.02. The van der Waals surface area contributed by atoms with Gasteiger partial charge < -0.3 is 0 Å². The average Bonchev–Trinajstić information content (AvgIpc) is 2.97. The number of nitrogens with one attached hydrogen (secondary N) is 1. The molecule has 3 nitrogen and oxygen atoms in total. The number of carbonyl (C=O) groups excluding carboxylic acids is 1. The minimum atomic E-state index is -0.546. The molecule has 0 atom stereocenters. The second-order valence-corrected chi connectivity index (χ2v) is 5.70. The van der Waals surface area contributed by atoms with Crippen LogP contribution in [0.25, 0.3) is 11.3 Å². The van der Waals surface area contributed by atoms with Gasteiger partial charge in [0.25, 0.3) is 5.91 Å². The first-order valence-electron chi connectivity index (χ1n) is 6.72. The summed E-state index contributed by atoms with van der Waals surface area (Å²) < 4.78 is 13.6. The predicted molar refractivity (Wildman–Crippen MR) is 86.6 cm³/mol. The van der Waals surface area contributed by atoms with Gasteiger partial charge in [0.2, 0.25) is 0 Å². The Morgan fingerprint density at radius 2 is 1.86 bits per heavy atom. The van der Waals surface area contributed by atoms with E-state index in [2.05, 4.69) is 10.3 Å². The van der Waals surface area contributed by atoms with E-state index in [1.54, 1.807) is 12.1 Å². The molecular formula is C17H13FN2OS. The van der Waals surface area contributed by atoms with Gasteiger partial charge in [0.05, 0.1) is 11.3 Å². The molecule has 1 N–H and O–H groups in total. The Bertz CT molecular complexity index is 812. The summed E-state index contributed by atoms with van der Waals surface area (Å²) in [5.41, 5.74) is 2.95. The monoisotopic (exact) mass is 312 g/mol. The number of aromatic nitrogens is 1. The van der Waals surface area contributed by atoms with Crippen molar-refractivity contribution >= 4 is 22.4 Å². The number of anilines is 1. The van der Waals surface area contributed by atoms with Crippen LogP contribution < -0.4 is 5.32 Å². The van der Waals surface area contributed by atoms with Crippen LogP contribution in [0.1, 0.15) is 15.9 Å². The number of amides is 1. The third-order valence-electron chi connectivity index (χ3n) is 3.19. The van der Waals surface area contributed by atoms with Crippen LogP contribution in [0.3, 0.4) is 0 Å².